The first-order valence-corrected chi connectivity index (χ1v) is 6.65. The molecule has 1 N–H and O–H groups in total. The number of nitrogens with one attached hydrogen (secondary N) is 1. The van der Waals surface area contributed by atoms with Gasteiger partial charge in [0.05, 0.1) is 6.07 Å². The van der Waals surface area contributed by atoms with E-state index in [0.717, 1.165) is 18.9 Å². The summed E-state index contributed by atoms with van der Waals surface area (Å²) in [6.45, 7) is 7.85. The molecule has 0 bridgehead atoms. The van der Waals surface area contributed by atoms with E-state index >= 15 is 0 Å². The van der Waals surface area contributed by atoms with Crippen molar-refractivity contribution in [1.29, 1.82) is 5.26 Å². The Morgan fingerprint density at radius 2 is 2.00 bits per heavy atom. The molecule has 0 radical (unpaired) electrons. The molecule has 1 aliphatic carbocycles. The van der Waals surface area contributed by atoms with E-state index in [1.165, 1.54) is 25.7 Å². The standard InChI is InChI=1S/C14H26N2/c1-12(13-7-4-5-8-13)16-11-14(2,3)9-6-10-15/h12-13,16H,4-9,11H2,1-3H3/t12-/m1/s1. The molecule has 0 unspecified atom stereocenters. The molecule has 1 saturated carbocycles. The van der Waals surface area contributed by atoms with Crippen LogP contribution in [0.3, 0.4) is 0 Å². The highest BCUT2D eigenvalue weighted by molar-refractivity contribution is 4.82. The zero-order valence-electron chi connectivity index (χ0n) is 11.1. The van der Waals surface area contributed by atoms with Gasteiger partial charge < -0.3 is 5.32 Å². The molecule has 0 saturated heterocycles. The van der Waals surface area contributed by atoms with Crippen molar-refractivity contribution in [3.8, 4) is 6.07 Å². The maximum atomic E-state index is 8.61. The van der Waals surface area contributed by atoms with E-state index in [-0.39, 0.29) is 5.41 Å². The van der Waals surface area contributed by atoms with Gasteiger partial charge in [-0.1, -0.05) is 26.7 Å². The van der Waals surface area contributed by atoms with Crippen LogP contribution in [0.4, 0.5) is 0 Å². The van der Waals surface area contributed by atoms with Crippen molar-refractivity contribution in [2.24, 2.45) is 11.3 Å². The second kappa shape index (κ2) is 6.25. The lowest BCUT2D eigenvalue weighted by Crippen LogP contribution is -2.38. The van der Waals surface area contributed by atoms with E-state index in [4.69, 9.17) is 5.26 Å². The monoisotopic (exact) mass is 222 g/mol. The SMILES string of the molecule is C[C@@H](NCC(C)(C)CCC#N)C1CCCC1. The van der Waals surface area contributed by atoms with Gasteiger partial charge >= 0.3 is 0 Å². The Balaban J connectivity index is 2.24. The average molecular weight is 222 g/mol. The highest BCUT2D eigenvalue weighted by atomic mass is 14.9. The predicted octanol–water partition coefficient (Wildman–Crippen LogP) is 3.48. The van der Waals surface area contributed by atoms with Crippen molar-refractivity contribution in [2.75, 3.05) is 6.54 Å². The molecule has 0 aliphatic heterocycles. The minimum absolute atomic E-state index is 0.253. The van der Waals surface area contributed by atoms with Gasteiger partial charge in [-0.15, -0.1) is 0 Å². The largest absolute Gasteiger partial charge is 0.313 e. The minimum Gasteiger partial charge on any atom is -0.313 e. The van der Waals surface area contributed by atoms with E-state index in [9.17, 15) is 0 Å². The average Bonchev–Trinajstić information content (AvgIpc) is 2.77. The first kappa shape index (κ1) is 13.5. The molecule has 0 aromatic carbocycles. The summed E-state index contributed by atoms with van der Waals surface area (Å²) in [4.78, 5) is 0. The van der Waals surface area contributed by atoms with Gasteiger partial charge in [-0.3, -0.25) is 0 Å². The molecule has 92 valence electrons. The summed E-state index contributed by atoms with van der Waals surface area (Å²) in [5, 5.41) is 12.3. The molecule has 16 heavy (non-hydrogen) atoms. The van der Waals surface area contributed by atoms with E-state index in [2.05, 4.69) is 32.2 Å². The molecule has 0 heterocycles. The van der Waals surface area contributed by atoms with Gasteiger partial charge in [0.15, 0.2) is 0 Å². The normalized spacial score (nSPS) is 19.6. The number of nitriles is 1. The zero-order chi connectivity index (χ0) is 12.0. The van der Waals surface area contributed by atoms with Gasteiger partial charge in [-0.2, -0.15) is 5.26 Å². The fraction of sp³-hybridized carbons (Fsp3) is 0.929. The molecule has 0 aromatic rings. The van der Waals surface area contributed by atoms with Crippen LogP contribution in [0.5, 0.6) is 0 Å². The van der Waals surface area contributed by atoms with Gasteiger partial charge in [0.1, 0.15) is 0 Å². The fourth-order valence-electron chi connectivity index (χ4n) is 2.54. The maximum absolute atomic E-state index is 8.61. The summed E-state index contributed by atoms with van der Waals surface area (Å²) in [5.74, 6) is 0.881. The van der Waals surface area contributed by atoms with Crippen molar-refractivity contribution >= 4 is 0 Å². The molecule has 2 heteroatoms. The minimum atomic E-state index is 0.253. The molecule has 1 fully saturated rings. The van der Waals surface area contributed by atoms with Gasteiger partial charge in [0.2, 0.25) is 0 Å². The third-order valence-corrected chi connectivity index (χ3v) is 3.92. The fourth-order valence-corrected chi connectivity index (χ4v) is 2.54. The number of hydrogen-bond acceptors (Lipinski definition) is 2. The van der Waals surface area contributed by atoms with Crippen LogP contribution in [0.2, 0.25) is 0 Å². The summed E-state index contributed by atoms with van der Waals surface area (Å²) >= 11 is 0. The lowest BCUT2D eigenvalue weighted by molar-refractivity contribution is 0.276. The van der Waals surface area contributed by atoms with Crippen LogP contribution >= 0.6 is 0 Å². The molecule has 1 atom stereocenters. The molecular weight excluding hydrogens is 196 g/mol. The van der Waals surface area contributed by atoms with Gasteiger partial charge in [-0.25, -0.2) is 0 Å². The first-order valence-electron chi connectivity index (χ1n) is 6.65. The van der Waals surface area contributed by atoms with Crippen LogP contribution < -0.4 is 5.32 Å². The molecular formula is C14H26N2. The van der Waals surface area contributed by atoms with Crippen LogP contribution in [-0.4, -0.2) is 12.6 Å². The smallest absolute Gasteiger partial charge is 0.0621 e. The Morgan fingerprint density at radius 3 is 2.56 bits per heavy atom. The maximum Gasteiger partial charge on any atom is 0.0621 e. The molecule has 1 rings (SSSR count). The number of rotatable bonds is 6. The molecule has 0 spiro atoms. The molecule has 0 aromatic heterocycles. The van der Waals surface area contributed by atoms with E-state index in [1.807, 2.05) is 0 Å². The number of hydrogen-bond donors (Lipinski definition) is 1. The Bertz CT molecular complexity index is 234. The van der Waals surface area contributed by atoms with E-state index in [0.29, 0.717) is 12.5 Å². The lowest BCUT2D eigenvalue weighted by Gasteiger charge is -2.28. The van der Waals surface area contributed by atoms with E-state index in [1.54, 1.807) is 0 Å². The first-order chi connectivity index (χ1) is 7.55. The van der Waals surface area contributed by atoms with Gasteiger partial charge in [-0.05, 0) is 37.5 Å². The van der Waals surface area contributed by atoms with Crippen molar-refractivity contribution in [2.45, 2.75) is 65.3 Å². The summed E-state index contributed by atoms with van der Waals surface area (Å²) in [7, 11) is 0. The van der Waals surface area contributed by atoms with Gasteiger partial charge in [0, 0.05) is 19.0 Å². The third kappa shape index (κ3) is 4.53. The van der Waals surface area contributed by atoms with Gasteiger partial charge in [0.25, 0.3) is 0 Å². The van der Waals surface area contributed by atoms with Crippen molar-refractivity contribution in [3.63, 3.8) is 0 Å². The zero-order valence-corrected chi connectivity index (χ0v) is 11.1. The van der Waals surface area contributed by atoms with Crippen molar-refractivity contribution < 1.29 is 0 Å². The Morgan fingerprint density at radius 1 is 1.38 bits per heavy atom. The van der Waals surface area contributed by atoms with Crippen molar-refractivity contribution in [1.82, 2.24) is 5.32 Å². The number of nitrogens with zero attached hydrogens (tertiary/aromatic N) is 1. The van der Waals surface area contributed by atoms with Crippen LogP contribution in [0.1, 0.15) is 59.3 Å². The quantitative estimate of drug-likeness (QED) is 0.747. The van der Waals surface area contributed by atoms with Crippen molar-refractivity contribution in [3.05, 3.63) is 0 Å². The van der Waals surface area contributed by atoms with Crippen LogP contribution in [0.25, 0.3) is 0 Å². The van der Waals surface area contributed by atoms with Crippen LogP contribution in [-0.2, 0) is 0 Å². The highest BCUT2D eigenvalue weighted by Crippen LogP contribution is 2.28. The summed E-state index contributed by atoms with van der Waals surface area (Å²) < 4.78 is 0. The van der Waals surface area contributed by atoms with Crippen LogP contribution in [0.15, 0.2) is 0 Å². The molecule has 2 nitrogen and oxygen atoms in total. The van der Waals surface area contributed by atoms with Crippen LogP contribution in [0, 0.1) is 22.7 Å². The summed E-state index contributed by atoms with van der Waals surface area (Å²) in [6.07, 6.45) is 7.28. The summed E-state index contributed by atoms with van der Waals surface area (Å²) in [6, 6.07) is 2.88. The summed E-state index contributed by atoms with van der Waals surface area (Å²) in [5.41, 5.74) is 0.253. The Hall–Kier alpha value is -0.550. The highest BCUT2D eigenvalue weighted by Gasteiger charge is 2.24. The topological polar surface area (TPSA) is 35.8 Å². The predicted molar refractivity (Wildman–Crippen MR) is 68.1 cm³/mol. The second-order valence-corrected chi connectivity index (χ2v) is 6.04. The second-order valence-electron chi connectivity index (χ2n) is 6.04. The Kier molecular flexibility index (Phi) is 5.28. The lowest BCUT2D eigenvalue weighted by atomic mass is 9.87. The molecule has 0 amide bonds. The Labute approximate surface area is 100 Å². The molecule has 1 aliphatic rings. The third-order valence-electron chi connectivity index (χ3n) is 3.92. The van der Waals surface area contributed by atoms with E-state index < -0.39 is 0 Å².